The van der Waals surface area contributed by atoms with Gasteiger partial charge in [-0.05, 0) is 36.4 Å². The van der Waals surface area contributed by atoms with Crippen molar-refractivity contribution in [1.82, 2.24) is 9.55 Å². The van der Waals surface area contributed by atoms with Crippen LogP contribution in [0.25, 0.3) is 22.4 Å². The van der Waals surface area contributed by atoms with Gasteiger partial charge in [0.2, 0.25) is 5.95 Å². The van der Waals surface area contributed by atoms with Crippen LogP contribution in [0, 0.1) is 0 Å². The molecule has 5 nitrogen and oxygen atoms in total. The average Bonchev–Trinajstić information content (AvgIpc) is 3.27. The van der Waals surface area contributed by atoms with E-state index in [9.17, 15) is 13.2 Å². The number of fused-ring (bicyclic) bond motifs is 1. The molecule has 0 saturated heterocycles. The van der Waals surface area contributed by atoms with E-state index in [-0.39, 0.29) is 0 Å². The fourth-order valence-corrected chi connectivity index (χ4v) is 2.83. The molecule has 0 aliphatic carbocycles. The number of imidazole rings is 1. The number of hydrogen-bond acceptors (Lipinski definition) is 4. The van der Waals surface area contributed by atoms with Crippen LogP contribution in [0.3, 0.4) is 0 Å². The zero-order valence-corrected chi connectivity index (χ0v) is 14.7. The first-order chi connectivity index (χ1) is 13.4. The van der Waals surface area contributed by atoms with Crippen molar-refractivity contribution in [2.75, 3.05) is 5.43 Å². The Balaban J connectivity index is 1.51. The summed E-state index contributed by atoms with van der Waals surface area (Å²) in [6, 6.07) is 15.9. The van der Waals surface area contributed by atoms with E-state index in [0.29, 0.717) is 23.0 Å². The molecule has 0 bridgehead atoms. The molecule has 0 aliphatic heterocycles. The summed E-state index contributed by atoms with van der Waals surface area (Å²) in [5, 5.41) is 4.10. The predicted molar refractivity (Wildman–Crippen MR) is 101 cm³/mol. The fourth-order valence-electron chi connectivity index (χ4n) is 2.83. The minimum Gasteiger partial charge on any atom is -0.455 e. The highest BCUT2D eigenvalue weighted by atomic mass is 19.4. The highest BCUT2D eigenvalue weighted by Crippen LogP contribution is 2.32. The van der Waals surface area contributed by atoms with Gasteiger partial charge in [-0.2, -0.15) is 18.3 Å². The number of hydrazone groups is 1. The molecule has 4 aromatic rings. The van der Waals surface area contributed by atoms with E-state index >= 15 is 0 Å². The first kappa shape index (κ1) is 17.8. The van der Waals surface area contributed by atoms with Gasteiger partial charge in [-0.25, -0.2) is 10.4 Å². The first-order valence-corrected chi connectivity index (χ1v) is 8.40. The summed E-state index contributed by atoms with van der Waals surface area (Å²) in [7, 11) is 1.87. The van der Waals surface area contributed by atoms with Gasteiger partial charge in [-0.1, -0.05) is 24.3 Å². The van der Waals surface area contributed by atoms with Gasteiger partial charge in [0.25, 0.3) is 0 Å². The van der Waals surface area contributed by atoms with Gasteiger partial charge in [0, 0.05) is 12.6 Å². The van der Waals surface area contributed by atoms with E-state index in [2.05, 4.69) is 15.5 Å². The maximum atomic E-state index is 12.9. The second-order valence-electron chi connectivity index (χ2n) is 6.13. The summed E-state index contributed by atoms with van der Waals surface area (Å²) in [5.41, 5.74) is 4.27. The van der Waals surface area contributed by atoms with E-state index in [0.717, 1.165) is 23.2 Å². The van der Waals surface area contributed by atoms with Crippen LogP contribution in [0.5, 0.6) is 0 Å². The Morgan fingerprint density at radius 1 is 1.07 bits per heavy atom. The third-order valence-electron chi connectivity index (χ3n) is 4.24. The van der Waals surface area contributed by atoms with Gasteiger partial charge in [-0.3, -0.25) is 0 Å². The predicted octanol–water partition coefficient (Wildman–Crippen LogP) is 5.30. The van der Waals surface area contributed by atoms with Crippen LogP contribution in [0.4, 0.5) is 19.1 Å². The molecule has 1 N–H and O–H groups in total. The standard InChI is InChI=1S/C20H15F3N4O/c1-27-17-8-3-2-7-16(17)25-19(27)26-24-12-15-9-10-18(28-15)13-5-4-6-14(11-13)20(21,22)23/h2-12H,1H3,(H,25,26)/b24-12-. The largest absolute Gasteiger partial charge is 0.455 e. The summed E-state index contributed by atoms with van der Waals surface area (Å²) in [6.45, 7) is 0. The Morgan fingerprint density at radius 2 is 1.89 bits per heavy atom. The molecule has 0 spiro atoms. The molecule has 28 heavy (non-hydrogen) atoms. The molecule has 0 saturated carbocycles. The highest BCUT2D eigenvalue weighted by Gasteiger charge is 2.30. The van der Waals surface area contributed by atoms with Crippen molar-refractivity contribution < 1.29 is 17.6 Å². The summed E-state index contributed by atoms with van der Waals surface area (Å²) >= 11 is 0. The molecule has 0 fully saturated rings. The molecule has 0 radical (unpaired) electrons. The fraction of sp³-hybridized carbons (Fsp3) is 0.100. The van der Waals surface area contributed by atoms with E-state index in [1.54, 1.807) is 18.2 Å². The lowest BCUT2D eigenvalue weighted by Gasteiger charge is -2.07. The van der Waals surface area contributed by atoms with E-state index in [4.69, 9.17) is 4.42 Å². The lowest BCUT2D eigenvalue weighted by Crippen LogP contribution is -2.04. The number of alkyl halides is 3. The Kier molecular flexibility index (Phi) is 4.38. The molecule has 2 heterocycles. The van der Waals surface area contributed by atoms with Crippen LogP contribution >= 0.6 is 0 Å². The van der Waals surface area contributed by atoms with Gasteiger partial charge < -0.3 is 8.98 Å². The van der Waals surface area contributed by atoms with Crippen molar-refractivity contribution in [3.8, 4) is 11.3 Å². The maximum absolute atomic E-state index is 12.9. The summed E-state index contributed by atoms with van der Waals surface area (Å²) in [5.74, 6) is 1.29. The number of benzene rings is 2. The number of nitrogens with zero attached hydrogens (tertiary/aromatic N) is 3. The van der Waals surface area contributed by atoms with Crippen LogP contribution in [0.2, 0.25) is 0 Å². The van der Waals surface area contributed by atoms with Crippen LogP contribution in [0.15, 0.2) is 70.2 Å². The van der Waals surface area contributed by atoms with Crippen LogP contribution in [-0.4, -0.2) is 15.8 Å². The Bertz CT molecular complexity index is 1160. The average molecular weight is 384 g/mol. The van der Waals surface area contributed by atoms with Gasteiger partial charge in [0.1, 0.15) is 11.5 Å². The van der Waals surface area contributed by atoms with Crippen molar-refractivity contribution in [3.05, 3.63) is 72.0 Å². The van der Waals surface area contributed by atoms with Crippen molar-refractivity contribution in [2.45, 2.75) is 6.18 Å². The number of aryl methyl sites for hydroxylation is 1. The molecule has 142 valence electrons. The highest BCUT2D eigenvalue weighted by molar-refractivity contribution is 5.80. The Labute approximate surface area is 158 Å². The summed E-state index contributed by atoms with van der Waals surface area (Å²) in [4.78, 5) is 4.43. The number of nitrogens with one attached hydrogen (secondary N) is 1. The summed E-state index contributed by atoms with van der Waals surface area (Å²) < 4.78 is 46.0. The van der Waals surface area contributed by atoms with E-state index in [1.807, 2.05) is 35.9 Å². The lowest BCUT2D eigenvalue weighted by atomic mass is 10.1. The number of hydrogen-bond donors (Lipinski definition) is 1. The van der Waals surface area contributed by atoms with Crippen LogP contribution < -0.4 is 5.43 Å². The van der Waals surface area contributed by atoms with E-state index < -0.39 is 11.7 Å². The van der Waals surface area contributed by atoms with Crippen molar-refractivity contribution >= 4 is 23.2 Å². The maximum Gasteiger partial charge on any atom is 0.416 e. The second-order valence-corrected chi connectivity index (χ2v) is 6.13. The minimum atomic E-state index is -4.40. The van der Waals surface area contributed by atoms with Crippen molar-refractivity contribution in [3.63, 3.8) is 0 Å². The molecule has 0 unspecified atom stereocenters. The van der Waals surface area contributed by atoms with Gasteiger partial charge in [-0.15, -0.1) is 0 Å². The molecule has 0 aliphatic rings. The monoisotopic (exact) mass is 384 g/mol. The third-order valence-corrected chi connectivity index (χ3v) is 4.24. The van der Waals surface area contributed by atoms with Crippen molar-refractivity contribution in [2.24, 2.45) is 12.1 Å². The van der Waals surface area contributed by atoms with Crippen LogP contribution in [-0.2, 0) is 13.2 Å². The zero-order chi connectivity index (χ0) is 19.7. The van der Waals surface area contributed by atoms with E-state index in [1.165, 1.54) is 12.3 Å². The molecule has 2 aromatic carbocycles. The van der Waals surface area contributed by atoms with Gasteiger partial charge in [0.05, 0.1) is 22.8 Å². The molecule has 0 amide bonds. The molecular formula is C20H15F3N4O. The summed E-state index contributed by atoms with van der Waals surface area (Å²) in [6.07, 6.45) is -2.96. The quantitative estimate of drug-likeness (QED) is 0.384. The Morgan fingerprint density at radius 3 is 2.68 bits per heavy atom. The third kappa shape index (κ3) is 3.48. The lowest BCUT2D eigenvalue weighted by molar-refractivity contribution is -0.137. The number of rotatable bonds is 4. The van der Waals surface area contributed by atoms with Gasteiger partial charge >= 0.3 is 6.18 Å². The number of furan rings is 1. The molecule has 8 heteroatoms. The number of anilines is 1. The second kappa shape index (κ2) is 6.88. The molecule has 0 atom stereocenters. The molecule has 2 aromatic heterocycles. The normalized spacial score (nSPS) is 12.1. The van der Waals surface area contributed by atoms with Crippen LogP contribution in [0.1, 0.15) is 11.3 Å². The number of aromatic nitrogens is 2. The van der Waals surface area contributed by atoms with Crippen molar-refractivity contribution in [1.29, 1.82) is 0 Å². The minimum absolute atomic E-state index is 0.329. The van der Waals surface area contributed by atoms with Gasteiger partial charge in [0.15, 0.2) is 0 Å². The SMILES string of the molecule is Cn1c(N/N=C\c2ccc(-c3cccc(C(F)(F)F)c3)o2)nc2ccccc21. The molecular weight excluding hydrogens is 369 g/mol. The first-order valence-electron chi connectivity index (χ1n) is 8.40. The number of halogens is 3. The topological polar surface area (TPSA) is 55.4 Å². The number of para-hydroxylation sites is 2. The Hall–Kier alpha value is -3.55. The smallest absolute Gasteiger partial charge is 0.416 e. The molecule has 4 rings (SSSR count). The zero-order valence-electron chi connectivity index (χ0n) is 14.7.